The highest BCUT2D eigenvalue weighted by Crippen LogP contribution is 2.22. The standard InChI is InChI=1S/C13H16BrClN2O/c1-13(2-4-16-5-3-13)17-12(18)9-6-10(14)8-11(15)7-9/h6-8,16H,2-5H2,1H3,(H,17,18). The van der Waals surface area contributed by atoms with E-state index in [0.717, 1.165) is 30.4 Å². The number of piperidine rings is 1. The van der Waals surface area contributed by atoms with Gasteiger partial charge in [0.25, 0.3) is 5.91 Å². The lowest BCUT2D eigenvalue weighted by Gasteiger charge is -2.35. The van der Waals surface area contributed by atoms with Gasteiger partial charge in [0.05, 0.1) is 0 Å². The van der Waals surface area contributed by atoms with Crippen LogP contribution in [0.4, 0.5) is 0 Å². The molecule has 0 aromatic heterocycles. The number of amides is 1. The summed E-state index contributed by atoms with van der Waals surface area (Å²) < 4.78 is 0.815. The molecule has 0 saturated carbocycles. The molecule has 98 valence electrons. The highest BCUT2D eigenvalue weighted by molar-refractivity contribution is 9.10. The predicted molar refractivity (Wildman–Crippen MR) is 77.1 cm³/mol. The Balaban J connectivity index is 2.11. The maximum atomic E-state index is 12.2. The number of carbonyl (C=O) groups excluding carboxylic acids is 1. The minimum atomic E-state index is -0.128. The summed E-state index contributed by atoms with van der Waals surface area (Å²) in [5.41, 5.74) is 0.464. The smallest absolute Gasteiger partial charge is 0.251 e. The van der Waals surface area contributed by atoms with Crippen molar-refractivity contribution < 1.29 is 4.79 Å². The highest BCUT2D eigenvalue weighted by atomic mass is 79.9. The molecule has 2 N–H and O–H groups in total. The molecule has 0 atom stereocenters. The molecule has 1 saturated heterocycles. The summed E-state index contributed by atoms with van der Waals surface area (Å²) in [5, 5.41) is 6.96. The minimum absolute atomic E-state index is 0.0670. The molecule has 0 radical (unpaired) electrons. The first kappa shape index (κ1) is 13.8. The molecule has 3 nitrogen and oxygen atoms in total. The van der Waals surface area contributed by atoms with Crippen molar-refractivity contribution in [3.05, 3.63) is 33.3 Å². The van der Waals surface area contributed by atoms with Gasteiger partial charge in [0.2, 0.25) is 0 Å². The van der Waals surface area contributed by atoms with E-state index in [0.29, 0.717) is 10.6 Å². The van der Waals surface area contributed by atoms with E-state index < -0.39 is 0 Å². The number of hydrogen-bond acceptors (Lipinski definition) is 2. The van der Waals surface area contributed by atoms with Gasteiger partial charge in [-0.1, -0.05) is 27.5 Å². The molecule has 1 heterocycles. The van der Waals surface area contributed by atoms with Crippen LogP contribution < -0.4 is 10.6 Å². The summed E-state index contributed by atoms with van der Waals surface area (Å²) >= 11 is 9.30. The fourth-order valence-electron chi connectivity index (χ4n) is 2.13. The van der Waals surface area contributed by atoms with Crippen LogP contribution in [0.5, 0.6) is 0 Å². The van der Waals surface area contributed by atoms with Crippen molar-refractivity contribution in [3.8, 4) is 0 Å². The number of benzene rings is 1. The number of carbonyl (C=O) groups is 1. The zero-order chi connectivity index (χ0) is 13.2. The lowest BCUT2D eigenvalue weighted by atomic mass is 9.90. The van der Waals surface area contributed by atoms with E-state index in [9.17, 15) is 4.79 Å². The summed E-state index contributed by atoms with van der Waals surface area (Å²) in [5.74, 6) is -0.0670. The Morgan fingerprint density at radius 1 is 1.39 bits per heavy atom. The van der Waals surface area contributed by atoms with E-state index in [2.05, 4.69) is 33.5 Å². The van der Waals surface area contributed by atoms with Crippen molar-refractivity contribution >= 4 is 33.4 Å². The van der Waals surface area contributed by atoms with E-state index in [-0.39, 0.29) is 11.4 Å². The van der Waals surface area contributed by atoms with Gasteiger partial charge in [-0.3, -0.25) is 4.79 Å². The number of rotatable bonds is 2. The Morgan fingerprint density at radius 3 is 2.67 bits per heavy atom. The van der Waals surface area contributed by atoms with Crippen LogP contribution in [0.2, 0.25) is 5.02 Å². The zero-order valence-electron chi connectivity index (χ0n) is 10.2. The van der Waals surface area contributed by atoms with Crippen molar-refractivity contribution in [3.63, 3.8) is 0 Å². The first-order valence-corrected chi connectivity index (χ1v) is 7.15. The summed E-state index contributed by atoms with van der Waals surface area (Å²) in [6.45, 7) is 3.97. The molecule has 1 aliphatic heterocycles. The number of nitrogens with one attached hydrogen (secondary N) is 2. The Kier molecular flexibility index (Phi) is 4.30. The third-order valence-corrected chi connectivity index (χ3v) is 3.92. The summed E-state index contributed by atoms with van der Waals surface area (Å²) in [6, 6.07) is 5.24. The summed E-state index contributed by atoms with van der Waals surface area (Å²) in [4.78, 5) is 12.2. The van der Waals surface area contributed by atoms with Crippen LogP contribution in [0.3, 0.4) is 0 Å². The van der Waals surface area contributed by atoms with Gasteiger partial charge in [-0.25, -0.2) is 0 Å². The predicted octanol–water partition coefficient (Wildman–Crippen LogP) is 2.97. The lowest BCUT2D eigenvalue weighted by molar-refractivity contribution is 0.0887. The second kappa shape index (κ2) is 5.59. The maximum Gasteiger partial charge on any atom is 0.251 e. The number of hydrogen-bond donors (Lipinski definition) is 2. The average molecular weight is 332 g/mol. The van der Waals surface area contributed by atoms with Gasteiger partial charge in [0.15, 0.2) is 0 Å². The normalized spacial score (nSPS) is 18.4. The molecule has 0 bridgehead atoms. The van der Waals surface area contributed by atoms with E-state index in [1.54, 1.807) is 18.2 Å². The summed E-state index contributed by atoms with van der Waals surface area (Å²) in [7, 11) is 0. The monoisotopic (exact) mass is 330 g/mol. The zero-order valence-corrected chi connectivity index (χ0v) is 12.6. The second-order valence-electron chi connectivity index (χ2n) is 4.92. The van der Waals surface area contributed by atoms with Crippen LogP contribution in [-0.2, 0) is 0 Å². The topological polar surface area (TPSA) is 41.1 Å². The lowest BCUT2D eigenvalue weighted by Crippen LogP contribution is -2.52. The SMILES string of the molecule is CC1(NC(=O)c2cc(Cl)cc(Br)c2)CCNCC1. The van der Waals surface area contributed by atoms with Crippen molar-refractivity contribution in [2.24, 2.45) is 0 Å². The maximum absolute atomic E-state index is 12.2. The molecular weight excluding hydrogens is 316 g/mol. The van der Waals surface area contributed by atoms with Gasteiger partial charge in [-0.15, -0.1) is 0 Å². The first-order chi connectivity index (χ1) is 8.48. The van der Waals surface area contributed by atoms with Gasteiger partial charge in [-0.05, 0) is 51.1 Å². The molecule has 0 unspecified atom stereocenters. The van der Waals surface area contributed by atoms with E-state index in [4.69, 9.17) is 11.6 Å². The molecule has 1 aromatic rings. The Hall–Kier alpha value is -0.580. The average Bonchev–Trinajstić information content (AvgIpc) is 2.28. The molecule has 0 spiro atoms. The molecule has 1 aliphatic rings. The first-order valence-electron chi connectivity index (χ1n) is 5.98. The van der Waals surface area contributed by atoms with Crippen LogP contribution in [-0.4, -0.2) is 24.5 Å². The third-order valence-electron chi connectivity index (χ3n) is 3.25. The second-order valence-corrected chi connectivity index (χ2v) is 6.28. The van der Waals surface area contributed by atoms with Crippen LogP contribution in [0, 0.1) is 0 Å². The molecular formula is C13H16BrClN2O. The van der Waals surface area contributed by atoms with Crippen molar-refractivity contribution in [1.82, 2.24) is 10.6 Å². The van der Waals surface area contributed by atoms with Crippen molar-refractivity contribution in [2.75, 3.05) is 13.1 Å². The van der Waals surface area contributed by atoms with Crippen LogP contribution >= 0.6 is 27.5 Å². The van der Waals surface area contributed by atoms with Gasteiger partial charge in [-0.2, -0.15) is 0 Å². The number of halogens is 2. The molecule has 1 amide bonds. The molecule has 0 aliphatic carbocycles. The van der Waals surface area contributed by atoms with Gasteiger partial charge < -0.3 is 10.6 Å². The highest BCUT2D eigenvalue weighted by Gasteiger charge is 2.28. The van der Waals surface area contributed by atoms with E-state index in [1.807, 2.05) is 0 Å². The third kappa shape index (κ3) is 3.46. The van der Waals surface area contributed by atoms with Gasteiger partial charge in [0.1, 0.15) is 0 Å². The molecule has 5 heteroatoms. The molecule has 2 rings (SSSR count). The largest absolute Gasteiger partial charge is 0.347 e. The van der Waals surface area contributed by atoms with Gasteiger partial charge >= 0.3 is 0 Å². The van der Waals surface area contributed by atoms with Crippen molar-refractivity contribution in [1.29, 1.82) is 0 Å². The van der Waals surface area contributed by atoms with Crippen molar-refractivity contribution in [2.45, 2.75) is 25.3 Å². The Morgan fingerprint density at radius 2 is 2.06 bits per heavy atom. The molecule has 1 aromatic carbocycles. The quantitative estimate of drug-likeness (QED) is 0.875. The molecule has 1 fully saturated rings. The van der Waals surface area contributed by atoms with Crippen LogP contribution in [0.1, 0.15) is 30.1 Å². The minimum Gasteiger partial charge on any atom is -0.347 e. The Bertz CT molecular complexity index is 438. The van der Waals surface area contributed by atoms with E-state index in [1.165, 1.54) is 0 Å². The van der Waals surface area contributed by atoms with Gasteiger partial charge in [0, 0.05) is 20.6 Å². The fraction of sp³-hybridized carbons (Fsp3) is 0.462. The van der Waals surface area contributed by atoms with Crippen LogP contribution in [0.15, 0.2) is 22.7 Å². The summed E-state index contributed by atoms with van der Waals surface area (Å²) in [6.07, 6.45) is 1.89. The molecule has 18 heavy (non-hydrogen) atoms. The van der Waals surface area contributed by atoms with E-state index >= 15 is 0 Å². The fourth-order valence-corrected chi connectivity index (χ4v) is 2.99. The van der Waals surface area contributed by atoms with Crippen LogP contribution in [0.25, 0.3) is 0 Å². The Labute approximate surface area is 120 Å².